The second-order valence-electron chi connectivity index (χ2n) is 10.2. The number of ether oxygens (including phenoxy) is 1. The van der Waals surface area contributed by atoms with Gasteiger partial charge in [0.15, 0.2) is 0 Å². The average molecular weight is 474 g/mol. The molecule has 1 aliphatic carbocycles. The number of nitrogens with zero attached hydrogens (tertiary/aromatic N) is 2. The molecule has 7 nitrogen and oxygen atoms in total. The third kappa shape index (κ3) is 4.12. The summed E-state index contributed by atoms with van der Waals surface area (Å²) < 4.78 is 6.59. The Labute approximate surface area is 205 Å². The Hall–Kier alpha value is -3.19. The van der Waals surface area contributed by atoms with Gasteiger partial charge in [-0.1, -0.05) is 36.8 Å². The number of nitrogens with one attached hydrogen (secondary N) is 1. The number of hydrogen-bond donors (Lipinski definition) is 1. The molecular formula is C28H31N3O4. The van der Waals surface area contributed by atoms with Gasteiger partial charge >= 0.3 is 0 Å². The van der Waals surface area contributed by atoms with E-state index < -0.39 is 6.04 Å². The Morgan fingerprint density at radius 2 is 1.71 bits per heavy atom. The molecule has 0 spiro atoms. The van der Waals surface area contributed by atoms with Crippen molar-refractivity contribution in [2.75, 3.05) is 6.54 Å². The van der Waals surface area contributed by atoms with E-state index in [9.17, 15) is 14.4 Å². The van der Waals surface area contributed by atoms with Crippen molar-refractivity contribution in [1.29, 1.82) is 0 Å². The van der Waals surface area contributed by atoms with Crippen LogP contribution < -0.4 is 10.1 Å². The summed E-state index contributed by atoms with van der Waals surface area (Å²) in [7, 11) is 0. The van der Waals surface area contributed by atoms with Crippen LogP contribution in [0.25, 0.3) is 0 Å². The van der Waals surface area contributed by atoms with E-state index in [2.05, 4.69) is 40.5 Å². The third-order valence-corrected chi connectivity index (χ3v) is 8.12. The molecule has 3 amide bonds. The van der Waals surface area contributed by atoms with Crippen molar-refractivity contribution in [3.05, 3.63) is 65.2 Å². The quantitative estimate of drug-likeness (QED) is 0.672. The van der Waals surface area contributed by atoms with Gasteiger partial charge in [-0.05, 0) is 61.4 Å². The summed E-state index contributed by atoms with van der Waals surface area (Å²) in [5, 5.41) is 2.36. The molecule has 0 aromatic heterocycles. The molecule has 1 N–H and O–H groups in total. The van der Waals surface area contributed by atoms with Crippen molar-refractivity contribution in [3.63, 3.8) is 0 Å². The van der Waals surface area contributed by atoms with E-state index in [0.717, 1.165) is 37.1 Å². The van der Waals surface area contributed by atoms with Gasteiger partial charge in [0.05, 0.1) is 0 Å². The first kappa shape index (κ1) is 22.3. The Kier molecular flexibility index (Phi) is 5.80. The molecule has 3 heterocycles. The van der Waals surface area contributed by atoms with E-state index in [4.69, 9.17) is 4.74 Å². The number of benzene rings is 2. The molecule has 7 heteroatoms. The highest BCUT2D eigenvalue weighted by Gasteiger charge is 2.42. The fraction of sp³-hybridized carbons (Fsp3) is 0.464. The molecule has 3 fully saturated rings. The molecule has 2 aromatic carbocycles. The smallest absolute Gasteiger partial charge is 0.255 e. The lowest BCUT2D eigenvalue weighted by Crippen LogP contribution is -2.55. The molecule has 35 heavy (non-hydrogen) atoms. The minimum atomic E-state index is -0.596. The topological polar surface area (TPSA) is 79.0 Å². The van der Waals surface area contributed by atoms with Crippen LogP contribution in [0.1, 0.15) is 72.5 Å². The van der Waals surface area contributed by atoms with E-state index in [1.54, 1.807) is 4.90 Å². The number of rotatable bonds is 5. The average Bonchev–Trinajstić information content (AvgIpc) is 3.16. The van der Waals surface area contributed by atoms with Crippen molar-refractivity contribution < 1.29 is 19.1 Å². The van der Waals surface area contributed by atoms with Crippen LogP contribution in [0.15, 0.2) is 48.5 Å². The van der Waals surface area contributed by atoms with Crippen LogP contribution in [-0.4, -0.2) is 52.3 Å². The highest BCUT2D eigenvalue weighted by Crippen LogP contribution is 2.40. The zero-order valence-corrected chi connectivity index (χ0v) is 19.8. The number of piperidine rings is 1. The number of fused-ring (bicyclic) bond motifs is 1. The number of carbonyl (C=O) groups excluding carboxylic acids is 3. The summed E-state index contributed by atoms with van der Waals surface area (Å²) in [6.45, 7) is 1.47. The van der Waals surface area contributed by atoms with E-state index in [-0.39, 0.29) is 30.2 Å². The lowest BCUT2D eigenvalue weighted by Gasteiger charge is -2.50. The molecule has 4 atom stereocenters. The SMILES string of the molecule is O=C1CCC(N2Cc3cc(O[C@H]4CCCC[C@H]4N4CC[C@@H]4c4ccccc4)ccc3C2=O)C(=O)N1. The summed E-state index contributed by atoms with van der Waals surface area (Å²) in [4.78, 5) is 41.0. The predicted molar refractivity (Wildman–Crippen MR) is 130 cm³/mol. The van der Waals surface area contributed by atoms with Crippen LogP contribution in [0.2, 0.25) is 0 Å². The van der Waals surface area contributed by atoms with Gasteiger partial charge in [0.1, 0.15) is 17.9 Å². The zero-order chi connectivity index (χ0) is 23.9. The molecule has 0 bridgehead atoms. The number of carbonyl (C=O) groups is 3. The number of amides is 3. The van der Waals surface area contributed by atoms with E-state index in [1.165, 1.54) is 18.4 Å². The van der Waals surface area contributed by atoms with Gasteiger partial charge in [-0.15, -0.1) is 0 Å². The number of hydrogen-bond acceptors (Lipinski definition) is 5. The fourth-order valence-corrected chi connectivity index (χ4v) is 6.23. The van der Waals surface area contributed by atoms with Gasteiger partial charge in [-0.25, -0.2) is 0 Å². The second-order valence-corrected chi connectivity index (χ2v) is 10.2. The van der Waals surface area contributed by atoms with Gasteiger partial charge in [0.25, 0.3) is 5.91 Å². The summed E-state index contributed by atoms with van der Waals surface area (Å²) >= 11 is 0. The molecule has 2 aromatic rings. The lowest BCUT2D eigenvalue weighted by molar-refractivity contribution is -0.136. The normalized spacial score (nSPS) is 28.9. The minimum Gasteiger partial charge on any atom is -0.489 e. The van der Waals surface area contributed by atoms with Gasteiger partial charge < -0.3 is 9.64 Å². The van der Waals surface area contributed by atoms with E-state index in [1.807, 2.05) is 18.2 Å². The maximum absolute atomic E-state index is 13.0. The molecule has 6 rings (SSSR count). The van der Waals surface area contributed by atoms with E-state index in [0.29, 0.717) is 30.6 Å². The van der Waals surface area contributed by atoms with Gasteiger partial charge in [-0.3, -0.25) is 24.6 Å². The van der Waals surface area contributed by atoms with Crippen LogP contribution in [0, 0.1) is 0 Å². The fourth-order valence-electron chi connectivity index (χ4n) is 6.23. The van der Waals surface area contributed by atoms with Gasteiger partial charge in [-0.2, -0.15) is 0 Å². The summed E-state index contributed by atoms with van der Waals surface area (Å²) in [6, 6.07) is 16.7. The van der Waals surface area contributed by atoms with Crippen molar-refractivity contribution in [3.8, 4) is 5.75 Å². The van der Waals surface area contributed by atoms with Gasteiger partial charge in [0.2, 0.25) is 11.8 Å². The van der Waals surface area contributed by atoms with Crippen LogP contribution in [0.3, 0.4) is 0 Å². The highest BCUT2D eigenvalue weighted by atomic mass is 16.5. The zero-order valence-electron chi connectivity index (χ0n) is 19.8. The Morgan fingerprint density at radius 1 is 0.886 bits per heavy atom. The number of imide groups is 1. The Balaban J connectivity index is 1.17. The minimum absolute atomic E-state index is 0.122. The van der Waals surface area contributed by atoms with Crippen LogP contribution >= 0.6 is 0 Å². The molecular weight excluding hydrogens is 442 g/mol. The lowest BCUT2D eigenvalue weighted by atomic mass is 9.85. The summed E-state index contributed by atoms with van der Waals surface area (Å²) in [6.07, 6.45) is 6.49. The molecule has 1 unspecified atom stereocenters. The first-order chi connectivity index (χ1) is 17.1. The first-order valence-electron chi connectivity index (χ1n) is 12.8. The molecule has 2 saturated heterocycles. The molecule has 0 radical (unpaired) electrons. The van der Waals surface area contributed by atoms with Crippen LogP contribution in [-0.2, 0) is 16.1 Å². The molecule has 4 aliphatic rings. The molecule has 3 aliphatic heterocycles. The van der Waals surface area contributed by atoms with Crippen molar-refractivity contribution in [1.82, 2.24) is 15.1 Å². The van der Waals surface area contributed by atoms with Crippen LogP contribution in [0.4, 0.5) is 0 Å². The molecule has 1 saturated carbocycles. The second kappa shape index (κ2) is 9.11. The maximum atomic E-state index is 13.0. The van der Waals surface area contributed by atoms with Gasteiger partial charge in [0, 0.05) is 37.2 Å². The molecule has 182 valence electrons. The maximum Gasteiger partial charge on any atom is 0.255 e. The number of likely N-dealkylation sites (tertiary alicyclic amines) is 1. The van der Waals surface area contributed by atoms with Crippen molar-refractivity contribution >= 4 is 17.7 Å². The Bertz CT molecular complexity index is 1150. The summed E-state index contributed by atoms with van der Waals surface area (Å²) in [5.74, 6) is -0.0190. The van der Waals surface area contributed by atoms with Crippen molar-refractivity contribution in [2.24, 2.45) is 0 Å². The summed E-state index contributed by atoms with van der Waals surface area (Å²) in [5.41, 5.74) is 2.89. The highest BCUT2D eigenvalue weighted by molar-refractivity contribution is 6.05. The van der Waals surface area contributed by atoms with Crippen molar-refractivity contribution in [2.45, 2.75) is 75.7 Å². The monoisotopic (exact) mass is 473 g/mol. The first-order valence-corrected chi connectivity index (χ1v) is 12.8. The Morgan fingerprint density at radius 3 is 2.49 bits per heavy atom. The van der Waals surface area contributed by atoms with Crippen LogP contribution in [0.5, 0.6) is 5.75 Å². The predicted octanol–water partition coefficient (Wildman–Crippen LogP) is 3.58. The van der Waals surface area contributed by atoms with E-state index >= 15 is 0 Å². The standard InChI is InChI=1S/C28H31N3O4/c32-26-13-12-24(27(33)29-26)31-17-19-16-20(10-11-21(19)28(31)34)35-25-9-5-4-8-23(25)30-15-14-22(30)18-6-2-1-3-7-18/h1-3,6-7,10-11,16,22-25H,4-5,8-9,12-15,17H2,(H,29,32,33)/t22-,23-,24?,25+/m1/s1. The largest absolute Gasteiger partial charge is 0.489 e. The third-order valence-electron chi connectivity index (χ3n) is 8.12.